The van der Waals surface area contributed by atoms with Gasteiger partial charge < -0.3 is 18.9 Å². The van der Waals surface area contributed by atoms with Gasteiger partial charge in [0, 0.05) is 40.6 Å². The predicted octanol–water partition coefficient (Wildman–Crippen LogP) is 12.4. The van der Waals surface area contributed by atoms with E-state index in [1.54, 1.807) is 13.0 Å². The largest absolute Gasteiger partial charge is 0.491 e. The Morgan fingerprint density at radius 2 is 1.23 bits per heavy atom. The van der Waals surface area contributed by atoms with Crippen LogP contribution in [0.2, 0.25) is 0 Å². The van der Waals surface area contributed by atoms with Crippen LogP contribution in [0.15, 0.2) is 103 Å². The second-order valence-electron chi connectivity index (χ2n) is 12.9. The Morgan fingerprint density at radius 1 is 0.667 bits per heavy atom. The minimum absolute atomic E-state index is 0.113. The van der Waals surface area contributed by atoms with Gasteiger partial charge in [0.25, 0.3) is 0 Å². The zero-order chi connectivity index (χ0) is 34.0. The zero-order valence-electron chi connectivity index (χ0n) is 29.2. The van der Waals surface area contributed by atoms with Crippen molar-refractivity contribution in [3.63, 3.8) is 0 Å². The number of hydrogen-bond acceptors (Lipinski definition) is 3. The van der Waals surface area contributed by atoms with Crippen LogP contribution in [-0.2, 0) is 6.54 Å². The van der Waals surface area contributed by atoms with Gasteiger partial charge in [-0.05, 0) is 137 Å². The van der Waals surface area contributed by atoms with Crippen LogP contribution >= 0.6 is 0 Å². The van der Waals surface area contributed by atoms with Crippen molar-refractivity contribution >= 4 is 29.2 Å². The van der Waals surface area contributed by atoms with Crippen molar-refractivity contribution in [2.24, 2.45) is 0 Å². The van der Waals surface area contributed by atoms with Gasteiger partial charge in [0.1, 0.15) is 17.3 Å². The molecule has 0 saturated heterocycles. The molecule has 250 valence electrons. The topological polar surface area (TPSA) is 26.6 Å². The third kappa shape index (κ3) is 8.97. The smallest absolute Gasteiger partial charge is 0.126 e. The molecule has 0 bridgehead atoms. The fraction of sp³-hybridized carbons (Fsp3) is 0.302. The first-order valence-electron chi connectivity index (χ1n) is 17.3. The molecule has 0 aliphatic carbocycles. The summed E-state index contributed by atoms with van der Waals surface area (Å²) in [6, 6.07) is 34.8. The Labute approximate surface area is 286 Å². The molecule has 0 atom stereocenters. The molecule has 0 unspecified atom stereocenters. The van der Waals surface area contributed by atoms with E-state index >= 15 is 0 Å². The van der Waals surface area contributed by atoms with Gasteiger partial charge in [-0.15, -0.1) is 0 Å². The Bertz CT molecular complexity index is 1710. The normalized spacial score (nSPS) is 11.5. The summed E-state index contributed by atoms with van der Waals surface area (Å²) >= 11 is 0. The van der Waals surface area contributed by atoms with Gasteiger partial charge >= 0.3 is 0 Å². The van der Waals surface area contributed by atoms with Crippen LogP contribution < -0.4 is 14.4 Å². The number of rotatable bonds is 15. The highest BCUT2D eigenvalue weighted by Gasteiger charge is 2.14. The van der Waals surface area contributed by atoms with E-state index in [0.717, 1.165) is 64.0 Å². The maximum absolute atomic E-state index is 14.5. The lowest BCUT2D eigenvalue weighted by Crippen LogP contribution is -2.11. The first kappa shape index (κ1) is 34.6. The highest BCUT2D eigenvalue weighted by molar-refractivity contribution is 5.79. The van der Waals surface area contributed by atoms with Crippen LogP contribution in [0.3, 0.4) is 0 Å². The lowest BCUT2D eigenvalue weighted by molar-refractivity contribution is 0.242. The molecule has 0 fully saturated rings. The summed E-state index contributed by atoms with van der Waals surface area (Å²) in [4.78, 5) is 2.24. The molecule has 0 saturated carbocycles. The summed E-state index contributed by atoms with van der Waals surface area (Å²) in [7, 11) is 0. The number of benzene rings is 4. The third-order valence-corrected chi connectivity index (χ3v) is 8.25. The van der Waals surface area contributed by atoms with Gasteiger partial charge in [0.05, 0.1) is 12.2 Å². The van der Waals surface area contributed by atoms with Gasteiger partial charge in [-0.2, -0.15) is 0 Å². The number of halogens is 1. The quantitative estimate of drug-likeness (QED) is 0.106. The third-order valence-electron chi connectivity index (χ3n) is 8.25. The van der Waals surface area contributed by atoms with Crippen molar-refractivity contribution in [2.45, 2.75) is 86.0 Å². The van der Waals surface area contributed by atoms with Crippen molar-refractivity contribution in [3.05, 3.63) is 126 Å². The number of aryl methyl sites for hydroxylation is 1. The van der Waals surface area contributed by atoms with Crippen molar-refractivity contribution in [2.75, 3.05) is 4.90 Å². The lowest BCUT2D eigenvalue weighted by Gasteiger charge is -2.26. The molecule has 4 nitrogen and oxygen atoms in total. The van der Waals surface area contributed by atoms with E-state index in [4.69, 9.17) is 9.47 Å². The van der Waals surface area contributed by atoms with Crippen molar-refractivity contribution in [3.8, 4) is 22.8 Å². The molecule has 0 amide bonds. The highest BCUT2D eigenvalue weighted by Crippen LogP contribution is 2.37. The van der Waals surface area contributed by atoms with E-state index in [1.165, 1.54) is 19.3 Å². The molecule has 0 N–H and O–H groups in total. The molecule has 5 heteroatoms. The van der Waals surface area contributed by atoms with Crippen LogP contribution in [0.5, 0.6) is 11.5 Å². The summed E-state index contributed by atoms with van der Waals surface area (Å²) in [6.07, 6.45) is 9.23. The Morgan fingerprint density at radius 3 is 1.75 bits per heavy atom. The Hall–Kier alpha value is -4.77. The second kappa shape index (κ2) is 16.4. The number of aromatic nitrogens is 1. The number of ether oxygens (including phenoxy) is 2. The summed E-state index contributed by atoms with van der Waals surface area (Å²) < 4.78 is 28.7. The molecule has 48 heavy (non-hydrogen) atoms. The molecule has 4 aromatic carbocycles. The lowest BCUT2D eigenvalue weighted by atomic mass is 10.1. The average Bonchev–Trinajstić information content (AvgIpc) is 3.47. The molecule has 5 rings (SSSR count). The van der Waals surface area contributed by atoms with Gasteiger partial charge in [-0.25, -0.2) is 4.39 Å². The van der Waals surface area contributed by atoms with Crippen molar-refractivity contribution < 1.29 is 13.9 Å². The molecule has 0 radical (unpaired) electrons. The molecule has 0 aliphatic rings. The number of unbranched alkanes of at least 4 members (excludes halogenated alkanes) is 3. The number of nitrogens with zero attached hydrogens (tertiary/aromatic N) is 2. The maximum atomic E-state index is 14.5. The molecule has 1 aromatic heterocycles. The summed E-state index contributed by atoms with van der Waals surface area (Å²) in [6.45, 7) is 13.1. The summed E-state index contributed by atoms with van der Waals surface area (Å²) in [5.41, 5.74) is 7.94. The molecule has 0 spiro atoms. The van der Waals surface area contributed by atoms with Crippen LogP contribution in [0.25, 0.3) is 23.4 Å². The van der Waals surface area contributed by atoms with E-state index < -0.39 is 0 Å². The first-order chi connectivity index (χ1) is 23.2. The number of anilines is 3. The highest BCUT2D eigenvalue weighted by atomic mass is 19.1. The predicted molar refractivity (Wildman–Crippen MR) is 200 cm³/mol. The van der Waals surface area contributed by atoms with Gasteiger partial charge in [0.2, 0.25) is 0 Å². The summed E-state index contributed by atoms with van der Waals surface area (Å²) in [5.74, 6) is 1.53. The van der Waals surface area contributed by atoms with E-state index in [2.05, 4.69) is 89.2 Å². The average molecular weight is 645 g/mol. The van der Waals surface area contributed by atoms with E-state index in [1.807, 2.05) is 64.1 Å². The molecule has 1 heterocycles. The minimum atomic E-state index is -0.169. The molecule has 0 aliphatic heterocycles. The molecular formula is C43H49FN2O2. The van der Waals surface area contributed by atoms with Gasteiger partial charge in [-0.1, -0.05) is 56.5 Å². The van der Waals surface area contributed by atoms with E-state index in [-0.39, 0.29) is 18.0 Å². The Balaban J connectivity index is 1.42. The standard InChI is InChI=1S/C43H49FN2O2/c1-7-8-9-10-29-45-36(23-28-43(45)35-15-11-33(6)42(44)30-35)16-12-34-13-17-37(18-14-34)46(38-19-24-40(25-20-38)47-31(2)3)39-21-26-41(27-22-39)48-32(4)5/h11-28,30-32H,7-10,29H2,1-6H3/b16-12+. The van der Waals surface area contributed by atoms with E-state index in [0.29, 0.717) is 5.56 Å². The van der Waals surface area contributed by atoms with E-state index in [9.17, 15) is 4.39 Å². The maximum Gasteiger partial charge on any atom is 0.126 e. The summed E-state index contributed by atoms with van der Waals surface area (Å²) in [5, 5.41) is 0. The SMILES string of the molecule is CCCCCCn1c(/C=C/c2ccc(N(c3ccc(OC(C)C)cc3)c3ccc(OC(C)C)cc3)cc2)ccc1-c1ccc(C)c(F)c1. The fourth-order valence-corrected chi connectivity index (χ4v) is 5.83. The van der Waals surface area contributed by atoms with Gasteiger partial charge in [-0.3, -0.25) is 0 Å². The first-order valence-corrected chi connectivity index (χ1v) is 17.3. The number of hydrogen-bond donors (Lipinski definition) is 0. The van der Waals surface area contributed by atoms with Crippen molar-refractivity contribution in [1.29, 1.82) is 0 Å². The zero-order valence-corrected chi connectivity index (χ0v) is 29.2. The molecule has 5 aromatic rings. The monoisotopic (exact) mass is 644 g/mol. The Kier molecular flexibility index (Phi) is 11.8. The van der Waals surface area contributed by atoms with Crippen molar-refractivity contribution in [1.82, 2.24) is 4.57 Å². The van der Waals surface area contributed by atoms with Crippen LogP contribution in [-0.4, -0.2) is 16.8 Å². The van der Waals surface area contributed by atoms with Crippen LogP contribution in [0.4, 0.5) is 21.5 Å². The van der Waals surface area contributed by atoms with Crippen LogP contribution in [0, 0.1) is 12.7 Å². The second-order valence-corrected chi connectivity index (χ2v) is 12.9. The fourth-order valence-electron chi connectivity index (χ4n) is 5.83. The molecular weight excluding hydrogens is 595 g/mol. The van der Waals surface area contributed by atoms with Crippen LogP contribution in [0.1, 0.15) is 77.1 Å². The van der Waals surface area contributed by atoms with Gasteiger partial charge in [0.15, 0.2) is 0 Å². The minimum Gasteiger partial charge on any atom is -0.491 e.